The van der Waals surface area contributed by atoms with Gasteiger partial charge in [0.15, 0.2) is 18.9 Å². The fourth-order valence-electron chi connectivity index (χ4n) is 12.0. The van der Waals surface area contributed by atoms with Crippen LogP contribution in [0.15, 0.2) is 72.9 Å². The Morgan fingerprint density at radius 2 is 0.750 bits per heavy atom. The van der Waals surface area contributed by atoms with Crippen molar-refractivity contribution in [1.29, 1.82) is 0 Å². The van der Waals surface area contributed by atoms with Gasteiger partial charge < -0.3 is 89.9 Å². The molecule has 3 heterocycles. The first-order valence-electron chi connectivity index (χ1n) is 36.2. The van der Waals surface area contributed by atoms with Crippen molar-refractivity contribution in [1.82, 2.24) is 5.32 Å². The molecule has 19 heteroatoms. The van der Waals surface area contributed by atoms with Crippen LogP contribution in [0, 0.1) is 0 Å². The van der Waals surface area contributed by atoms with E-state index in [1.165, 1.54) is 122 Å². The van der Waals surface area contributed by atoms with Crippen LogP contribution in [-0.4, -0.2) is 193 Å². The lowest BCUT2D eigenvalue weighted by molar-refractivity contribution is -0.379. The molecular weight excluding hydrogens is 1180 g/mol. The molecule has 3 saturated heterocycles. The zero-order chi connectivity index (χ0) is 66.8. The van der Waals surface area contributed by atoms with Gasteiger partial charge in [-0.2, -0.15) is 0 Å². The predicted molar refractivity (Wildman–Crippen MR) is 360 cm³/mol. The van der Waals surface area contributed by atoms with E-state index in [0.717, 1.165) is 96.3 Å². The Morgan fingerprint density at radius 1 is 0.402 bits per heavy atom. The number of carbonyl (C=O) groups is 1. The standard InChI is InChI=1S/C73H129NO18/c1-3-5-7-9-11-12-13-14-15-16-17-18-19-20-21-22-23-24-25-26-27-28-29-30-31-32-33-34-35-36-37-38-39-40-41-42-43-44-45-47-49-51-61(79)74-56(57(78)50-48-46-10-8-6-4-2)55-87-71-67(85)64(82)69(59(53-76)89-71)92-73-68(86)65(83)70(60(54-77)90-73)91-72-66(84)63(81)62(80)58(52-75)88-72/h5,7,11-12,14-15,17-18,20-21,23-24,56-60,62-73,75-78,80-86H,3-4,6,8-10,13,16,19,22,25-55H2,1-2H3,(H,74,79)/b7-5-,12-11-,15-14-,18-17-,21-20-,24-23-. The molecule has 92 heavy (non-hydrogen) atoms. The SMILES string of the molecule is CC/C=C\C/C=C\C/C=C\C/C=C\C/C=C\C/C=C\CCCCCCCCCCCCCCCCCCCCCCCCC(=O)NC(COC1OC(CO)C(OC2OC(CO)C(OC3OC(CO)C(O)C(O)C3O)C(O)C2O)C(O)C1O)C(O)CCCCCCCC. The number of aliphatic hydroxyl groups is 11. The molecule has 3 aliphatic rings. The Kier molecular flexibility index (Phi) is 49.2. The van der Waals surface area contributed by atoms with Crippen LogP contribution in [0.1, 0.15) is 251 Å². The molecule has 19 nitrogen and oxygen atoms in total. The highest BCUT2D eigenvalue weighted by Crippen LogP contribution is 2.33. The smallest absolute Gasteiger partial charge is 0.220 e. The van der Waals surface area contributed by atoms with Gasteiger partial charge in [-0.25, -0.2) is 0 Å². The van der Waals surface area contributed by atoms with E-state index in [0.29, 0.717) is 12.8 Å². The van der Waals surface area contributed by atoms with Crippen molar-refractivity contribution in [2.24, 2.45) is 0 Å². The molecule has 0 aromatic carbocycles. The van der Waals surface area contributed by atoms with Crippen molar-refractivity contribution >= 4 is 5.91 Å². The molecule has 0 aromatic rings. The minimum Gasteiger partial charge on any atom is -0.394 e. The van der Waals surface area contributed by atoms with Crippen molar-refractivity contribution in [3.8, 4) is 0 Å². The molecule has 3 aliphatic heterocycles. The number of rotatable bonds is 55. The van der Waals surface area contributed by atoms with Crippen molar-refractivity contribution in [2.45, 2.75) is 356 Å². The Balaban J connectivity index is 1.22. The second kappa shape index (κ2) is 54.3. The predicted octanol–water partition coefficient (Wildman–Crippen LogP) is 10.1. The van der Waals surface area contributed by atoms with E-state index in [1.54, 1.807) is 0 Å². The van der Waals surface area contributed by atoms with E-state index >= 15 is 0 Å². The molecular formula is C73H129NO18. The average Bonchev–Trinajstić information content (AvgIpc) is 0.817. The van der Waals surface area contributed by atoms with E-state index in [-0.39, 0.29) is 18.9 Å². The molecule has 0 bridgehead atoms. The number of aliphatic hydroxyl groups excluding tert-OH is 11. The van der Waals surface area contributed by atoms with Crippen molar-refractivity contribution in [3.63, 3.8) is 0 Å². The van der Waals surface area contributed by atoms with E-state index < -0.39 is 124 Å². The van der Waals surface area contributed by atoms with Gasteiger partial charge in [0.25, 0.3) is 0 Å². The molecule has 17 unspecified atom stereocenters. The minimum absolute atomic E-state index is 0.247. The fourth-order valence-corrected chi connectivity index (χ4v) is 12.0. The molecule has 17 atom stereocenters. The van der Waals surface area contributed by atoms with Crippen LogP contribution < -0.4 is 5.32 Å². The number of ether oxygens (including phenoxy) is 6. The van der Waals surface area contributed by atoms with Gasteiger partial charge in [0.05, 0.1) is 38.6 Å². The molecule has 0 saturated carbocycles. The average molecular weight is 1310 g/mol. The molecule has 12 N–H and O–H groups in total. The van der Waals surface area contributed by atoms with Gasteiger partial charge in [-0.15, -0.1) is 0 Å². The minimum atomic E-state index is -1.97. The van der Waals surface area contributed by atoms with Crippen LogP contribution >= 0.6 is 0 Å². The van der Waals surface area contributed by atoms with E-state index in [4.69, 9.17) is 28.4 Å². The second-order valence-corrected chi connectivity index (χ2v) is 25.7. The molecule has 0 radical (unpaired) electrons. The third kappa shape index (κ3) is 35.5. The lowest BCUT2D eigenvalue weighted by atomic mass is 9.96. The summed E-state index contributed by atoms with van der Waals surface area (Å²) in [5.74, 6) is -0.247. The van der Waals surface area contributed by atoms with Crippen molar-refractivity contribution < 1.29 is 89.4 Å². The van der Waals surface area contributed by atoms with Crippen LogP contribution in [-0.2, 0) is 33.2 Å². The molecule has 0 aromatic heterocycles. The van der Waals surface area contributed by atoms with Crippen LogP contribution in [0.2, 0.25) is 0 Å². The number of nitrogens with one attached hydrogen (secondary N) is 1. The van der Waals surface area contributed by atoms with Gasteiger partial charge in [-0.1, -0.05) is 254 Å². The normalized spacial score (nSPS) is 28.1. The van der Waals surface area contributed by atoms with E-state index in [9.17, 15) is 61.0 Å². The third-order valence-corrected chi connectivity index (χ3v) is 17.8. The highest BCUT2D eigenvalue weighted by atomic mass is 16.8. The number of hydrogen-bond acceptors (Lipinski definition) is 18. The first kappa shape index (κ1) is 83.5. The highest BCUT2D eigenvalue weighted by Gasteiger charge is 2.53. The highest BCUT2D eigenvalue weighted by molar-refractivity contribution is 5.76. The zero-order valence-corrected chi connectivity index (χ0v) is 56.5. The number of allylic oxidation sites excluding steroid dienone is 12. The molecule has 0 spiro atoms. The lowest BCUT2D eigenvalue weighted by Crippen LogP contribution is -2.66. The van der Waals surface area contributed by atoms with Gasteiger partial charge >= 0.3 is 0 Å². The Hall–Kier alpha value is -2.77. The maximum Gasteiger partial charge on any atom is 0.220 e. The summed E-state index contributed by atoms with van der Waals surface area (Å²) in [6.45, 7) is 1.60. The summed E-state index contributed by atoms with van der Waals surface area (Å²) < 4.78 is 34.2. The van der Waals surface area contributed by atoms with Crippen LogP contribution in [0.3, 0.4) is 0 Å². The first-order valence-corrected chi connectivity index (χ1v) is 36.2. The largest absolute Gasteiger partial charge is 0.394 e. The van der Waals surface area contributed by atoms with E-state index in [2.05, 4.69) is 92.1 Å². The lowest BCUT2D eigenvalue weighted by Gasteiger charge is -2.48. The molecule has 0 aliphatic carbocycles. The van der Waals surface area contributed by atoms with Crippen LogP contribution in [0.4, 0.5) is 0 Å². The van der Waals surface area contributed by atoms with Crippen LogP contribution in [0.5, 0.6) is 0 Å². The summed E-state index contributed by atoms with van der Waals surface area (Å²) in [5.41, 5.74) is 0. The maximum atomic E-state index is 13.3. The summed E-state index contributed by atoms with van der Waals surface area (Å²) in [5, 5.41) is 120. The van der Waals surface area contributed by atoms with Gasteiger partial charge in [0.2, 0.25) is 5.91 Å². The first-order chi connectivity index (χ1) is 44.8. The Labute approximate surface area is 553 Å². The Morgan fingerprint density at radius 3 is 1.17 bits per heavy atom. The summed E-state index contributed by atoms with van der Waals surface area (Å²) in [6, 6.07) is -0.884. The number of carbonyl (C=O) groups excluding carboxylic acids is 1. The van der Waals surface area contributed by atoms with Crippen molar-refractivity contribution in [3.05, 3.63) is 72.9 Å². The zero-order valence-electron chi connectivity index (χ0n) is 56.5. The summed E-state index contributed by atoms with van der Waals surface area (Å²) >= 11 is 0. The van der Waals surface area contributed by atoms with Gasteiger partial charge in [-0.05, 0) is 64.2 Å². The molecule has 3 rings (SSSR count). The quantitative estimate of drug-likeness (QED) is 0.0199. The summed E-state index contributed by atoms with van der Waals surface area (Å²) in [4.78, 5) is 13.3. The maximum absolute atomic E-state index is 13.3. The third-order valence-electron chi connectivity index (χ3n) is 17.8. The van der Waals surface area contributed by atoms with Gasteiger partial charge in [-0.3, -0.25) is 4.79 Å². The van der Waals surface area contributed by atoms with Crippen LogP contribution in [0.25, 0.3) is 0 Å². The Bertz CT molecular complexity index is 1950. The number of hydrogen-bond donors (Lipinski definition) is 12. The number of amides is 1. The molecule has 1 amide bonds. The van der Waals surface area contributed by atoms with Crippen molar-refractivity contribution in [2.75, 3.05) is 26.4 Å². The monoisotopic (exact) mass is 1310 g/mol. The molecule has 3 fully saturated rings. The molecule has 534 valence electrons. The van der Waals surface area contributed by atoms with Gasteiger partial charge in [0.1, 0.15) is 73.2 Å². The second-order valence-electron chi connectivity index (χ2n) is 25.7. The van der Waals surface area contributed by atoms with E-state index in [1.807, 2.05) is 0 Å². The fraction of sp³-hybridized carbons (Fsp3) is 0.822. The summed E-state index contributed by atoms with van der Waals surface area (Å²) in [6.07, 6.45) is 42.3. The number of unbranched alkanes of at least 4 members (excludes halogenated alkanes) is 27. The summed E-state index contributed by atoms with van der Waals surface area (Å²) in [7, 11) is 0. The van der Waals surface area contributed by atoms with Gasteiger partial charge in [0, 0.05) is 6.42 Å². The topological polar surface area (TPSA) is 307 Å².